The van der Waals surface area contributed by atoms with Crippen LogP contribution < -0.4 is 4.74 Å². The minimum absolute atomic E-state index is 0.0155. The molecule has 0 radical (unpaired) electrons. The first kappa shape index (κ1) is 29.8. The molecule has 1 aliphatic heterocycles. The first-order valence-corrected chi connectivity index (χ1v) is 10.8. The van der Waals surface area contributed by atoms with Gasteiger partial charge in [-0.25, -0.2) is 0 Å². The molecule has 0 aromatic heterocycles. The molecule has 0 aliphatic carbocycles. The molecule has 37 heavy (non-hydrogen) atoms. The summed E-state index contributed by atoms with van der Waals surface area (Å²) in [5, 5.41) is 0. The second-order valence-electron chi connectivity index (χ2n) is 8.07. The number of ether oxygens (including phenoxy) is 4. The van der Waals surface area contributed by atoms with Crippen LogP contribution >= 0.6 is 0 Å². The maximum Gasteiger partial charge on any atom is 0.422 e. The van der Waals surface area contributed by atoms with E-state index in [1.165, 1.54) is 19.1 Å². The summed E-state index contributed by atoms with van der Waals surface area (Å²) in [4.78, 5) is 38.2. The number of hydrogen-bond donors (Lipinski definition) is 0. The molecule has 1 aliphatic rings. The number of benzene rings is 1. The Morgan fingerprint density at radius 2 is 1.32 bits per heavy atom. The summed E-state index contributed by atoms with van der Waals surface area (Å²) in [5.74, 6) is -2.54. The van der Waals surface area contributed by atoms with Crippen LogP contribution in [-0.4, -0.2) is 68.1 Å². The van der Waals surface area contributed by atoms with Crippen molar-refractivity contribution < 1.29 is 59.7 Å². The number of amides is 1. The van der Waals surface area contributed by atoms with Crippen molar-refractivity contribution in [2.75, 3.05) is 27.4 Å². The van der Waals surface area contributed by atoms with Gasteiger partial charge in [-0.2, -0.15) is 26.3 Å². The first-order chi connectivity index (χ1) is 17.2. The predicted molar refractivity (Wildman–Crippen MR) is 114 cm³/mol. The third kappa shape index (κ3) is 8.86. The van der Waals surface area contributed by atoms with Gasteiger partial charge in [-0.1, -0.05) is 12.1 Å². The van der Waals surface area contributed by atoms with Gasteiger partial charge in [0.1, 0.15) is 17.0 Å². The summed E-state index contributed by atoms with van der Waals surface area (Å²) >= 11 is 0. The molecule has 14 heteroatoms. The SMILES string of the molecule is COC1=CC(=O)N(Cc2ccc(OC)cc2)C1(CCC(=O)OCC(F)(F)F)CCC(=O)OCC(F)(F)F. The minimum atomic E-state index is -4.75. The van der Waals surface area contributed by atoms with Gasteiger partial charge in [-0.15, -0.1) is 0 Å². The quantitative estimate of drug-likeness (QED) is 0.291. The molecule has 0 fully saturated rings. The highest BCUT2D eigenvalue weighted by atomic mass is 19.4. The molecular formula is C23H25F6NO7. The van der Waals surface area contributed by atoms with Crippen LogP contribution in [0.2, 0.25) is 0 Å². The lowest BCUT2D eigenvalue weighted by Gasteiger charge is -2.40. The van der Waals surface area contributed by atoms with E-state index in [-0.39, 0.29) is 25.1 Å². The Bertz CT molecular complexity index is 955. The molecule has 1 aromatic rings. The van der Waals surface area contributed by atoms with Gasteiger partial charge in [0.05, 0.1) is 14.2 Å². The van der Waals surface area contributed by atoms with Crippen molar-refractivity contribution in [3.63, 3.8) is 0 Å². The maximum atomic E-state index is 12.9. The van der Waals surface area contributed by atoms with Gasteiger partial charge >= 0.3 is 24.3 Å². The average molecular weight is 541 g/mol. The van der Waals surface area contributed by atoms with Crippen molar-refractivity contribution in [2.24, 2.45) is 0 Å². The van der Waals surface area contributed by atoms with Crippen LogP contribution in [0.1, 0.15) is 31.2 Å². The number of halogens is 6. The minimum Gasteiger partial charge on any atom is -0.498 e. The summed E-state index contributed by atoms with van der Waals surface area (Å²) in [6.07, 6.45) is -10.3. The van der Waals surface area contributed by atoms with Gasteiger partial charge in [0, 0.05) is 25.5 Å². The van der Waals surface area contributed by atoms with Gasteiger partial charge in [-0.3, -0.25) is 14.4 Å². The molecule has 0 saturated carbocycles. The molecule has 0 bridgehead atoms. The zero-order valence-electron chi connectivity index (χ0n) is 19.9. The van der Waals surface area contributed by atoms with Crippen LogP contribution in [0.4, 0.5) is 26.3 Å². The van der Waals surface area contributed by atoms with E-state index < -0.39 is 61.8 Å². The lowest BCUT2D eigenvalue weighted by Crippen LogP contribution is -2.49. The average Bonchev–Trinajstić information content (AvgIpc) is 3.09. The zero-order valence-corrected chi connectivity index (χ0v) is 19.9. The lowest BCUT2D eigenvalue weighted by molar-refractivity contribution is -0.187. The van der Waals surface area contributed by atoms with Gasteiger partial charge < -0.3 is 23.8 Å². The van der Waals surface area contributed by atoms with Gasteiger partial charge in [0.25, 0.3) is 5.91 Å². The molecule has 0 atom stereocenters. The van der Waals surface area contributed by atoms with Gasteiger partial charge in [-0.05, 0) is 30.5 Å². The summed E-state index contributed by atoms with van der Waals surface area (Å²) in [7, 11) is 2.66. The van der Waals surface area contributed by atoms with Crippen LogP contribution in [0, 0.1) is 0 Å². The molecule has 2 rings (SSSR count). The third-order valence-corrected chi connectivity index (χ3v) is 5.49. The molecule has 1 heterocycles. The maximum absolute atomic E-state index is 12.9. The van der Waals surface area contributed by atoms with Crippen LogP contribution in [0.25, 0.3) is 0 Å². The summed E-state index contributed by atoms with van der Waals surface area (Å²) in [5.41, 5.74) is -0.969. The lowest BCUT2D eigenvalue weighted by atomic mass is 9.85. The molecule has 1 amide bonds. The standard InChI is InChI=1S/C23H25F6NO7/c1-34-16-5-3-15(4-6-16)12-30-18(31)11-17(35-2)21(30,9-7-19(32)36-13-22(24,25)26)10-8-20(33)37-14-23(27,28)29/h3-6,11H,7-10,12-14H2,1-2H3. The molecule has 0 spiro atoms. The number of carbonyl (C=O) groups is 3. The molecule has 1 aromatic carbocycles. The molecule has 8 nitrogen and oxygen atoms in total. The van der Waals surface area contributed by atoms with Crippen molar-refractivity contribution in [3.05, 3.63) is 41.7 Å². The second-order valence-corrected chi connectivity index (χ2v) is 8.07. The molecular weight excluding hydrogens is 516 g/mol. The Morgan fingerprint density at radius 3 is 1.73 bits per heavy atom. The summed E-state index contributed by atoms with van der Waals surface area (Å²) < 4.78 is 93.4. The highest BCUT2D eigenvalue weighted by Crippen LogP contribution is 2.41. The molecule has 0 N–H and O–H groups in total. The van der Waals surface area contributed by atoms with E-state index in [0.717, 1.165) is 6.08 Å². The Balaban J connectivity index is 2.30. The number of hydrogen-bond acceptors (Lipinski definition) is 7. The smallest absolute Gasteiger partial charge is 0.422 e. The number of alkyl halides is 6. The Hall–Kier alpha value is -3.45. The van der Waals surface area contributed by atoms with E-state index in [1.807, 2.05) is 0 Å². The van der Waals surface area contributed by atoms with Crippen molar-refractivity contribution in [3.8, 4) is 5.75 Å². The van der Waals surface area contributed by atoms with Crippen molar-refractivity contribution in [1.82, 2.24) is 4.90 Å². The zero-order chi connectivity index (χ0) is 27.9. The fourth-order valence-corrected chi connectivity index (χ4v) is 3.79. The van der Waals surface area contributed by atoms with E-state index in [9.17, 15) is 40.7 Å². The van der Waals surface area contributed by atoms with Crippen LogP contribution in [-0.2, 0) is 35.1 Å². The molecule has 206 valence electrons. The Kier molecular flexibility index (Phi) is 9.81. The third-order valence-electron chi connectivity index (χ3n) is 5.49. The first-order valence-electron chi connectivity index (χ1n) is 10.8. The number of carbonyl (C=O) groups excluding carboxylic acids is 3. The normalized spacial score (nSPS) is 15.3. The van der Waals surface area contributed by atoms with Gasteiger partial charge in [0.15, 0.2) is 13.2 Å². The van der Waals surface area contributed by atoms with Crippen molar-refractivity contribution >= 4 is 17.8 Å². The molecule has 0 unspecified atom stereocenters. The number of esters is 2. The van der Waals surface area contributed by atoms with Crippen LogP contribution in [0.5, 0.6) is 5.75 Å². The number of nitrogens with zero attached hydrogens (tertiary/aromatic N) is 1. The van der Waals surface area contributed by atoms with Crippen LogP contribution in [0.3, 0.4) is 0 Å². The predicted octanol–water partition coefficient (Wildman–Crippen LogP) is 4.08. The highest BCUT2D eigenvalue weighted by molar-refractivity contribution is 5.92. The number of rotatable bonds is 12. The van der Waals surface area contributed by atoms with E-state index in [4.69, 9.17) is 9.47 Å². The van der Waals surface area contributed by atoms with Gasteiger partial charge in [0.2, 0.25) is 0 Å². The van der Waals surface area contributed by atoms with Crippen molar-refractivity contribution in [1.29, 1.82) is 0 Å². The highest BCUT2D eigenvalue weighted by Gasteiger charge is 2.49. The Labute approximate surface area is 208 Å². The van der Waals surface area contributed by atoms with E-state index in [2.05, 4.69) is 9.47 Å². The van der Waals surface area contributed by atoms with Crippen molar-refractivity contribution in [2.45, 2.75) is 50.1 Å². The van der Waals surface area contributed by atoms with E-state index >= 15 is 0 Å². The van der Waals surface area contributed by atoms with E-state index in [1.54, 1.807) is 24.3 Å². The Morgan fingerprint density at radius 1 is 0.838 bits per heavy atom. The second kappa shape index (κ2) is 12.2. The summed E-state index contributed by atoms with van der Waals surface area (Å²) in [6.45, 7) is -3.71. The van der Waals surface area contributed by atoms with Crippen LogP contribution in [0.15, 0.2) is 36.1 Å². The molecule has 0 saturated heterocycles. The van der Waals surface area contributed by atoms with E-state index in [0.29, 0.717) is 11.3 Å². The summed E-state index contributed by atoms with van der Waals surface area (Å²) in [6, 6.07) is 6.50. The fraction of sp³-hybridized carbons (Fsp3) is 0.522. The monoisotopic (exact) mass is 541 g/mol. The fourth-order valence-electron chi connectivity index (χ4n) is 3.79. The largest absolute Gasteiger partial charge is 0.498 e. The number of methoxy groups -OCH3 is 2. The topological polar surface area (TPSA) is 91.4 Å².